The van der Waals surface area contributed by atoms with Crippen molar-refractivity contribution < 1.29 is 18.3 Å². The zero-order chi connectivity index (χ0) is 22.6. The summed E-state index contributed by atoms with van der Waals surface area (Å²) in [4.78, 5) is 2.38. The lowest BCUT2D eigenvalue weighted by atomic mass is 10.0. The summed E-state index contributed by atoms with van der Waals surface area (Å²) in [6.45, 7) is 7.60. The van der Waals surface area contributed by atoms with Crippen molar-refractivity contribution >= 4 is 10.0 Å². The fourth-order valence-corrected chi connectivity index (χ4v) is 5.86. The van der Waals surface area contributed by atoms with Crippen molar-refractivity contribution in [3.05, 3.63) is 48.5 Å². The molecular weight excluding hydrogens is 412 g/mol. The lowest BCUT2D eigenvalue weighted by molar-refractivity contribution is 0.0753. The first-order valence-corrected chi connectivity index (χ1v) is 12.4. The molecule has 2 aromatic rings. The van der Waals surface area contributed by atoms with E-state index in [9.17, 15) is 13.5 Å². The highest BCUT2D eigenvalue weighted by atomic mass is 32.2. The van der Waals surface area contributed by atoms with E-state index < -0.39 is 16.1 Å². The minimum absolute atomic E-state index is 0.0448. The summed E-state index contributed by atoms with van der Waals surface area (Å²) in [7, 11) is -1.75. The Bertz CT molecular complexity index is 965. The van der Waals surface area contributed by atoms with Crippen LogP contribution >= 0.6 is 0 Å². The van der Waals surface area contributed by atoms with Gasteiger partial charge in [-0.1, -0.05) is 50.2 Å². The highest BCUT2D eigenvalue weighted by Crippen LogP contribution is 2.36. The van der Waals surface area contributed by atoms with Crippen LogP contribution in [0.3, 0.4) is 0 Å². The topological polar surface area (TPSA) is 70.1 Å². The van der Waals surface area contributed by atoms with Gasteiger partial charge in [-0.25, -0.2) is 8.42 Å². The van der Waals surface area contributed by atoms with Gasteiger partial charge < -0.3 is 14.7 Å². The Labute approximate surface area is 186 Å². The van der Waals surface area contributed by atoms with Crippen molar-refractivity contribution in [2.45, 2.75) is 44.2 Å². The molecule has 0 bridgehead atoms. The number of hydrogen-bond acceptors (Lipinski definition) is 5. The Balaban J connectivity index is 2.10. The van der Waals surface area contributed by atoms with Gasteiger partial charge in [0.2, 0.25) is 10.0 Å². The molecule has 0 saturated heterocycles. The molecule has 1 N–H and O–H groups in total. The number of sulfonamides is 1. The summed E-state index contributed by atoms with van der Waals surface area (Å²) >= 11 is 0. The summed E-state index contributed by atoms with van der Waals surface area (Å²) in [5.74, 6) is 0.328. The third kappa shape index (κ3) is 5.29. The number of likely N-dealkylation sites (N-methyl/N-ethyl adjacent to an activating group) is 1. The average molecular weight is 447 g/mol. The second kappa shape index (κ2) is 10.1. The monoisotopic (exact) mass is 446 g/mol. The number of benzene rings is 2. The predicted octanol–water partition coefficient (Wildman–Crippen LogP) is 3.46. The zero-order valence-electron chi connectivity index (χ0n) is 18.9. The third-order valence-electron chi connectivity index (χ3n) is 5.87. The molecule has 7 heteroatoms. The van der Waals surface area contributed by atoms with Gasteiger partial charge in [0.25, 0.3) is 0 Å². The number of fused-ring (bicyclic) bond motifs is 1. The molecule has 6 nitrogen and oxygen atoms in total. The van der Waals surface area contributed by atoms with E-state index in [1.165, 1.54) is 4.31 Å². The van der Waals surface area contributed by atoms with Crippen molar-refractivity contribution in [1.82, 2.24) is 9.21 Å². The predicted molar refractivity (Wildman–Crippen MR) is 124 cm³/mol. The van der Waals surface area contributed by atoms with Crippen molar-refractivity contribution in [2.75, 3.05) is 33.3 Å². The zero-order valence-corrected chi connectivity index (χ0v) is 19.7. The van der Waals surface area contributed by atoms with Gasteiger partial charge in [-0.2, -0.15) is 4.31 Å². The van der Waals surface area contributed by atoms with Crippen LogP contribution in [0.2, 0.25) is 0 Å². The highest BCUT2D eigenvalue weighted by Gasteiger charge is 2.38. The van der Waals surface area contributed by atoms with E-state index >= 15 is 0 Å². The van der Waals surface area contributed by atoms with Crippen LogP contribution < -0.4 is 4.74 Å². The average Bonchev–Trinajstić information content (AvgIpc) is 2.76. The van der Waals surface area contributed by atoms with Crippen molar-refractivity contribution in [2.24, 2.45) is 5.92 Å². The van der Waals surface area contributed by atoms with Crippen LogP contribution in [0.1, 0.15) is 27.2 Å². The molecule has 1 aliphatic heterocycles. The maximum atomic E-state index is 13.5. The van der Waals surface area contributed by atoms with Gasteiger partial charge in [-0.15, -0.1) is 0 Å². The molecular formula is C24H34N2O4S. The molecule has 0 saturated carbocycles. The quantitative estimate of drug-likeness (QED) is 0.705. The second-order valence-electron chi connectivity index (χ2n) is 8.53. The summed E-state index contributed by atoms with van der Waals surface area (Å²) in [5, 5.41) is 9.74. The van der Waals surface area contributed by atoms with Gasteiger partial charge >= 0.3 is 0 Å². The summed E-state index contributed by atoms with van der Waals surface area (Å²) in [6, 6.07) is 14.6. The summed E-state index contributed by atoms with van der Waals surface area (Å²) in [5.41, 5.74) is 1.91. The SMILES string of the molecule is CCCN(C)C[C@H]1Oc2cc(-c3ccccc3)ccc2S(=O)(=O)N([C@H](C)CO)C[C@H]1C. The standard InChI is InChI=1S/C24H34N2O4S/c1-5-13-25(4)16-23-18(2)15-26(19(3)17-27)31(28,29)24-12-11-21(14-22(24)30-23)20-9-7-6-8-10-20/h6-12,14,18-19,23,27H,5,13,15-17H2,1-4H3/t18-,19-,23-/m1/s1. The Hall–Kier alpha value is -1.93. The van der Waals surface area contributed by atoms with Gasteiger partial charge in [-0.3, -0.25) is 0 Å². The number of nitrogens with zero attached hydrogens (tertiary/aromatic N) is 2. The van der Waals surface area contributed by atoms with E-state index in [1.54, 1.807) is 13.0 Å². The first-order chi connectivity index (χ1) is 14.8. The minimum atomic E-state index is -3.81. The molecule has 0 amide bonds. The molecule has 170 valence electrons. The molecule has 0 spiro atoms. The van der Waals surface area contributed by atoms with Crippen LogP contribution in [-0.2, 0) is 10.0 Å². The lowest BCUT2D eigenvalue weighted by Gasteiger charge is -2.37. The number of rotatable bonds is 7. The maximum Gasteiger partial charge on any atom is 0.247 e. The number of aliphatic hydroxyl groups excluding tert-OH is 1. The van der Waals surface area contributed by atoms with Crippen LogP contribution in [0.15, 0.2) is 53.4 Å². The minimum Gasteiger partial charge on any atom is -0.487 e. The first-order valence-electron chi connectivity index (χ1n) is 10.9. The third-order valence-corrected chi connectivity index (χ3v) is 7.89. The molecule has 0 unspecified atom stereocenters. The first kappa shape index (κ1) is 23.7. The Morgan fingerprint density at radius 3 is 2.55 bits per heavy atom. The van der Waals surface area contributed by atoms with Gasteiger partial charge in [0.1, 0.15) is 16.7 Å². The number of aliphatic hydroxyl groups is 1. The van der Waals surface area contributed by atoms with E-state index in [-0.39, 0.29) is 23.5 Å². The molecule has 3 atom stereocenters. The van der Waals surface area contributed by atoms with Crippen molar-refractivity contribution in [3.63, 3.8) is 0 Å². The van der Waals surface area contributed by atoms with Gasteiger partial charge in [0.15, 0.2) is 0 Å². The molecule has 1 aliphatic rings. The largest absolute Gasteiger partial charge is 0.487 e. The molecule has 0 aliphatic carbocycles. The molecule has 3 rings (SSSR count). The lowest BCUT2D eigenvalue weighted by Crippen LogP contribution is -2.49. The van der Waals surface area contributed by atoms with Crippen LogP contribution in [0.25, 0.3) is 11.1 Å². The van der Waals surface area contributed by atoms with Crippen LogP contribution in [-0.4, -0.2) is 68.2 Å². The van der Waals surface area contributed by atoms with E-state index in [0.29, 0.717) is 18.8 Å². The normalized spacial score (nSPS) is 22.3. The maximum absolute atomic E-state index is 13.5. The van der Waals surface area contributed by atoms with Crippen molar-refractivity contribution in [3.8, 4) is 16.9 Å². The van der Waals surface area contributed by atoms with E-state index in [2.05, 4.69) is 18.9 Å². The molecule has 31 heavy (non-hydrogen) atoms. The number of ether oxygens (including phenoxy) is 1. The molecule has 1 heterocycles. The summed E-state index contributed by atoms with van der Waals surface area (Å²) in [6.07, 6.45) is 0.860. The molecule has 0 aromatic heterocycles. The second-order valence-corrected chi connectivity index (χ2v) is 10.4. The van der Waals surface area contributed by atoms with Gasteiger partial charge in [0, 0.05) is 25.0 Å². The van der Waals surface area contributed by atoms with Crippen LogP contribution in [0.5, 0.6) is 5.75 Å². The van der Waals surface area contributed by atoms with E-state index in [4.69, 9.17) is 4.74 Å². The highest BCUT2D eigenvalue weighted by molar-refractivity contribution is 7.89. The Morgan fingerprint density at radius 1 is 1.19 bits per heavy atom. The Morgan fingerprint density at radius 2 is 1.90 bits per heavy atom. The molecule has 2 aromatic carbocycles. The van der Waals surface area contributed by atoms with E-state index in [0.717, 1.165) is 24.1 Å². The van der Waals surface area contributed by atoms with Gasteiger partial charge in [-0.05, 0) is 50.2 Å². The van der Waals surface area contributed by atoms with Crippen LogP contribution in [0, 0.1) is 5.92 Å². The number of hydrogen-bond donors (Lipinski definition) is 1. The fourth-order valence-electron chi connectivity index (χ4n) is 4.03. The van der Waals surface area contributed by atoms with Crippen molar-refractivity contribution in [1.29, 1.82) is 0 Å². The Kier molecular flexibility index (Phi) is 7.75. The smallest absolute Gasteiger partial charge is 0.247 e. The fraction of sp³-hybridized carbons (Fsp3) is 0.500. The van der Waals surface area contributed by atoms with E-state index in [1.807, 2.05) is 49.4 Å². The molecule has 0 fully saturated rings. The molecule has 0 radical (unpaired) electrons. The van der Waals surface area contributed by atoms with Gasteiger partial charge in [0.05, 0.1) is 6.61 Å². The summed E-state index contributed by atoms with van der Waals surface area (Å²) < 4.78 is 34.9. The van der Waals surface area contributed by atoms with Crippen LogP contribution in [0.4, 0.5) is 0 Å².